The number of furan rings is 1. The number of anilines is 1. The molecule has 0 fully saturated rings. The van der Waals surface area contributed by atoms with E-state index in [0.29, 0.717) is 23.7 Å². The normalized spacial score (nSPS) is 10.9. The van der Waals surface area contributed by atoms with Crippen LogP contribution in [0.5, 0.6) is 5.75 Å². The van der Waals surface area contributed by atoms with Crippen molar-refractivity contribution in [1.82, 2.24) is 14.5 Å². The Morgan fingerprint density at radius 3 is 2.44 bits per heavy atom. The van der Waals surface area contributed by atoms with Gasteiger partial charge in [-0.3, -0.25) is 19.5 Å². The zero-order valence-corrected chi connectivity index (χ0v) is 20.3. The number of hydrogen-bond donors (Lipinski definition) is 1. The van der Waals surface area contributed by atoms with Crippen LogP contribution in [0.4, 0.5) is 10.3 Å². The molecule has 0 bridgehead atoms. The van der Waals surface area contributed by atoms with E-state index in [1.165, 1.54) is 23.3 Å². The summed E-state index contributed by atoms with van der Waals surface area (Å²) in [6, 6.07) is 16.4. The van der Waals surface area contributed by atoms with E-state index >= 15 is 0 Å². The average Bonchev–Trinajstić information content (AvgIpc) is 3.54. The monoisotopic (exact) mass is 490 g/mol. The number of ether oxygens (including phenoxy) is 1. The van der Waals surface area contributed by atoms with E-state index in [1.54, 1.807) is 42.1 Å². The van der Waals surface area contributed by atoms with Gasteiger partial charge in [0.25, 0.3) is 5.91 Å². The van der Waals surface area contributed by atoms with E-state index in [1.807, 2.05) is 38.1 Å². The van der Waals surface area contributed by atoms with Crippen LogP contribution in [0.1, 0.15) is 24.4 Å². The summed E-state index contributed by atoms with van der Waals surface area (Å²) in [7, 11) is 1.59. The molecule has 2 aromatic heterocycles. The Kier molecular flexibility index (Phi) is 7.48. The molecule has 36 heavy (non-hydrogen) atoms. The lowest BCUT2D eigenvalue weighted by Gasteiger charge is -2.23. The summed E-state index contributed by atoms with van der Waals surface area (Å²) >= 11 is 0. The van der Waals surface area contributed by atoms with Gasteiger partial charge in [-0.15, -0.1) is 0 Å². The van der Waals surface area contributed by atoms with Crippen LogP contribution in [0.25, 0.3) is 16.9 Å². The van der Waals surface area contributed by atoms with Crippen LogP contribution in [0.2, 0.25) is 0 Å². The number of nitrogens with one attached hydrogen (secondary N) is 1. The summed E-state index contributed by atoms with van der Waals surface area (Å²) < 4.78 is 25.7. The second kappa shape index (κ2) is 10.9. The fourth-order valence-electron chi connectivity index (χ4n) is 3.72. The van der Waals surface area contributed by atoms with Gasteiger partial charge in [0.2, 0.25) is 11.9 Å². The Hall–Kier alpha value is -4.40. The van der Waals surface area contributed by atoms with Gasteiger partial charge < -0.3 is 14.1 Å². The van der Waals surface area contributed by atoms with Gasteiger partial charge in [0.15, 0.2) is 5.76 Å². The fraction of sp³-hybridized carbons (Fsp3) is 0.222. The van der Waals surface area contributed by atoms with Crippen molar-refractivity contribution < 1.29 is 23.1 Å². The first kappa shape index (κ1) is 24.7. The Balaban J connectivity index is 1.62. The third-order valence-corrected chi connectivity index (χ3v) is 5.39. The number of aromatic nitrogens is 2. The van der Waals surface area contributed by atoms with Crippen molar-refractivity contribution in [3.8, 4) is 22.7 Å². The van der Waals surface area contributed by atoms with Crippen LogP contribution >= 0.6 is 0 Å². The lowest BCUT2D eigenvalue weighted by Crippen LogP contribution is -2.40. The summed E-state index contributed by atoms with van der Waals surface area (Å²) in [5, 5.41) is 2.81. The van der Waals surface area contributed by atoms with E-state index in [-0.39, 0.29) is 35.9 Å². The molecule has 0 aliphatic rings. The maximum Gasteiger partial charge on any atom is 0.290 e. The molecule has 2 aromatic carbocycles. The minimum Gasteiger partial charge on any atom is -0.497 e. The summed E-state index contributed by atoms with van der Waals surface area (Å²) in [4.78, 5) is 32.0. The van der Waals surface area contributed by atoms with Crippen molar-refractivity contribution in [3.63, 3.8) is 0 Å². The quantitative estimate of drug-likeness (QED) is 0.356. The van der Waals surface area contributed by atoms with Gasteiger partial charge in [0.05, 0.1) is 19.1 Å². The van der Waals surface area contributed by atoms with Gasteiger partial charge in [0, 0.05) is 24.0 Å². The molecule has 2 heterocycles. The molecule has 9 heteroatoms. The Bertz CT molecular complexity index is 1310. The van der Waals surface area contributed by atoms with Crippen LogP contribution in [0.15, 0.2) is 77.5 Å². The standard InChI is InChI=1S/C27H27FN4O4/c1-18(2)15-31(26(34)24-5-4-14-36-24)17-25(33)30-27-29-23(19-6-12-22(35-3)13-7-19)16-32(27)21-10-8-20(28)9-11-21/h4-14,16,18H,15,17H2,1-3H3,(H,29,30,33). The topological polar surface area (TPSA) is 89.6 Å². The van der Waals surface area contributed by atoms with Gasteiger partial charge in [0.1, 0.15) is 18.1 Å². The number of amides is 2. The van der Waals surface area contributed by atoms with Crippen LogP contribution in [0, 0.1) is 11.7 Å². The molecule has 0 atom stereocenters. The Morgan fingerprint density at radius 1 is 1.11 bits per heavy atom. The fourth-order valence-corrected chi connectivity index (χ4v) is 3.72. The Morgan fingerprint density at radius 2 is 1.83 bits per heavy atom. The molecular formula is C27H27FN4O4. The molecule has 0 saturated carbocycles. The number of hydrogen-bond acceptors (Lipinski definition) is 5. The van der Waals surface area contributed by atoms with Crippen molar-refractivity contribution in [2.45, 2.75) is 13.8 Å². The molecule has 186 valence electrons. The molecule has 0 saturated heterocycles. The van der Waals surface area contributed by atoms with Crippen LogP contribution in [-0.4, -0.2) is 46.5 Å². The smallest absolute Gasteiger partial charge is 0.290 e. The first-order valence-corrected chi connectivity index (χ1v) is 11.5. The summed E-state index contributed by atoms with van der Waals surface area (Å²) in [5.41, 5.74) is 2.02. The number of methoxy groups -OCH3 is 1. The third kappa shape index (κ3) is 5.80. The van der Waals surface area contributed by atoms with Crippen molar-refractivity contribution in [2.75, 3.05) is 25.5 Å². The molecule has 4 rings (SSSR count). The minimum atomic E-state index is -0.425. The Labute approximate surface area is 208 Å². The molecule has 8 nitrogen and oxygen atoms in total. The van der Waals surface area contributed by atoms with E-state index in [9.17, 15) is 14.0 Å². The van der Waals surface area contributed by atoms with Gasteiger partial charge in [-0.25, -0.2) is 9.37 Å². The van der Waals surface area contributed by atoms with Crippen molar-refractivity contribution in [1.29, 1.82) is 0 Å². The lowest BCUT2D eigenvalue weighted by molar-refractivity contribution is -0.117. The van der Waals surface area contributed by atoms with Crippen LogP contribution in [0.3, 0.4) is 0 Å². The third-order valence-electron chi connectivity index (χ3n) is 5.39. The molecule has 0 spiro atoms. The maximum absolute atomic E-state index is 13.5. The SMILES string of the molecule is COc1ccc(-c2cn(-c3ccc(F)cc3)c(NC(=O)CN(CC(C)C)C(=O)c3ccco3)n2)cc1. The van der Waals surface area contributed by atoms with Gasteiger partial charge in [-0.1, -0.05) is 13.8 Å². The second-order valence-electron chi connectivity index (χ2n) is 8.63. The lowest BCUT2D eigenvalue weighted by atomic mass is 10.1. The first-order valence-electron chi connectivity index (χ1n) is 11.5. The molecule has 1 N–H and O–H groups in total. The molecule has 4 aromatic rings. The largest absolute Gasteiger partial charge is 0.497 e. The predicted molar refractivity (Wildman–Crippen MR) is 134 cm³/mol. The van der Waals surface area contributed by atoms with Crippen LogP contribution < -0.4 is 10.1 Å². The van der Waals surface area contributed by atoms with Gasteiger partial charge >= 0.3 is 0 Å². The zero-order valence-electron chi connectivity index (χ0n) is 20.3. The number of carbonyl (C=O) groups excluding carboxylic acids is 2. The summed E-state index contributed by atoms with van der Waals surface area (Å²) in [6.07, 6.45) is 3.17. The zero-order chi connectivity index (χ0) is 25.7. The number of benzene rings is 2. The van der Waals surface area contributed by atoms with E-state index in [4.69, 9.17) is 9.15 Å². The van der Waals surface area contributed by atoms with Crippen molar-refractivity contribution >= 4 is 17.8 Å². The summed E-state index contributed by atoms with van der Waals surface area (Å²) in [5.74, 6) is 0.0813. The number of carbonyl (C=O) groups is 2. The predicted octanol–water partition coefficient (Wildman–Crippen LogP) is 5.02. The van der Waals surface area contributed by atoms with E-state index in [0.717, 1.165) is 5.56 Å². The molecule has 0 unspecified atom stereocenters. The minimum absolute atomic E-state index is 0.139. The average molecular weight is 491 g/mol. The number of rotatable bonds is 9. The highest BCUT2D eigenvalue weighted by molar-refractivity contribution is 5.97. The molecule has 0 aliphatic heterocycles. The van der Waals surface area contributed by atoms with Crippen LogP contribution in [-0.2, 0) is 4.79 Å². The van der Waals surface area contributed by atoms with Crippen molar-refractivity contribution in [3.05, 3.63) is 84.7 Å². The summed E-state index contributed by atoms with van der Waals surface area (Å²) in [6.45, 7) is 4.10. The number of imidazole rings is 1. The van der Waals surface area contributed by atoms with Gasteiger partial charge in [-0.05, 0) is 66.6 Å². The van der Waals surface area contributed by atoms with E-state index in [2.05, 4.69) is 10.3 Å². The number of nitrogens with zero attached hydrogens (tertiary/aromatic N) is 3. The van der Waals surface area contributed by atoms with Gasteiger partial charge in [-0.2, -0.15) is 0 Å². The maximum atomic E-state index is 13.5. The van der Waals surface area contributed by atoms with Crippen molar-refractivity contribution in [2.24, 2.45) is 5.92 Å². The number of halogens is 1. The van der Waals surface area contributed by atoms with E-state index < -0.39 is 5.91 Å². The molecule has 0 radical (unpaired) electrons. The molecular weight excluding hydrogens is 463 g/mol. The highest BCUT2D eigenvalue weighted by Crippen LogP contribution is 2.26. The highest BCUT2D eigenvalue weighted by Gasteiger charge is 2.23. The first-order chi connectivity index (χ1) is 17.3. The molecule has 2 amide bonds. The highest BCUT2D eigenvalue weighted by atomic mass is 19.1. The molecule has 0 aliphatic carbocycles. The second-order valence-corrected chi connectivity index (χ2v) is 8.63.